The zero-order valence-corrected chi connectivity index (χ0v) is 16.9. The molecule has 0 unspecified atom stereocenters. The SMILES string of the molecule is N#CN=C1c2ccccc2C(=NC#N)c2nc(-c3cccs3)c(-c3cccs3)nc21. The molecule has 30 heavy (non-hydrogen) atoms. The van der Waals surface area contributed by atoms with E-state index in [0.717, 1.165) is 9.75 Å². The fourth-order valence-electron chi connectivity index (χ4n) is 3.41. The van der Waals surface area contributed by atoms with Crippen LogP contribution in [-0.2, 0) is 0 Å². The number of nitrogens with zero attached hydrogens (tertiary/aromatic N) is 6. The Morgan fingerprint density at radius 2 is 1.10 bits per heavy atom. The van der Waals surface area contributed by atoms with Crippen LogP contribution in [0.1, 0.15) is 22.5 Å². The second-order valence-electron chi connectivity index (χ2n) is 6.24. The van der Waals surface area contributed by atoms with Crippen molar-refractivity contribution in [3.05, 3.63) is 81.8 Å². The van der Waals surface area contributed by atoms with Gasteiger partial charge in [0.25, 0.3) is 0 Å². The van der Waals surface area contributed by atoms with Crippen LogP contribution < -0.4 is 0 Å². The van der Waals surface area contributed by atoms with Crippen LogP contribution in [0.15, 0.2) is 69.3 Å². The molecule has 0 spiro atoms. The lowest BCUT2D eigenvalue weighted by Gasteiger charge is -2.22. The van der Waals surface area contributed by atoms with Crippen LogP contribution in [0.2, 0.25) is 0 Å². The predicted octanol–water partition coefficient (Wildman–Crippen LogP) is 4.88. The van der Waals surface area contributed by atoms with Gasteiger partial charge in [0, 0.05) is 11.1 Å². The van der Waals surface area contributed by atoms with Crippen molar-refractivity contribution in [1.29, 1.82) is 10.5 Å². The van der Waals surface area contributed by atoms with Gasteiger partial charge in [-0.1, -0.05) is 36.4 Å². The number of nitriles is 2. The smallest absolute Gasteiger partial charge is 0.206 e. The summed E-state index contributed by atoms with van der Waals surface area (Å²) < 4.78 is 0. The standard InChI is InChI=1S/C22H10N6S2/c23-11-25-17-13-5-1-2-6-14(13)18(26-12-24)22-21(17)27-19(15-7-3-9-29-15)20(28-22)16-8-4-10-30-16/h1-10H. The monoisotopic (exact) mass is 422 g/mol. The Bertz CT molecular complexity index is 1290. The first kappa shape index (κ1) is 18.1. The number of aliphatic imine (C=N–C) groups is 2. The van der Waals surface area contributed by atoms with Crippen molar-refractivity contribution < 1.29 is 0 Å². The second kappa shape index (κ2) is 7.45. The molecule has 4 aromatic rings. The van der Waals surface area contributed by atoms with Crippen molar-refractivity contribution in [3.8, 4) is 33.5 Å². The molecule has 0 aliphatic heterocycles. The maximum atomic E-state index is 9.33. The minimum Gasteiger partial charge on any atom is -0.241 e. The average Bonchev–Trinajstić information content (AvgIpc) is 3.49. The molecular weight excluding hydrogens is 412 g/mol. The van der Waals surface area contributed by atoms with E-state index in [1.807, 2.05) is 71.7 Å². The molecule has 0 bridgehead atoms. The summed E-state index contributed by atoms with van der Waals surface area (Å²) in [6.07, 6.45) is 3.76. The maximum absolute atomic E-state index is 9.33. The van der Waals surface area contributed by atoms with Gasteiger partial charge in [0.15, 0.2) is 0 Å². The molecule has 8 heteroatoms. The molecule has 1 aliphatic rings. The van der Waals surface area contributed by atoms with E-state index in [2.05, 4.69) is 9.98 Å². The first-order chi connectivity index (χ1) is 14.8. The Kier molecular flexibility index (Phi) is 4.49. The van der Waals surface area contributed by atoms with Gasteiger partial charge in [0.05, 0.1) is 9.75 Å². The molecule has 1 aromatic carbocycles. The minimum absolute atomic E-state index is 0.433. The number of aromatic nitrogens is 2. The Morgan fingerprint density at radius 1 is 0.633 bits per heavy atom. The fourth-order valence-corrected chi connectivity index (χ4v) is 4.84. The first-order valence-corrected chi connectivity index (χ1v) is 10.6. The summed E-state index contributed by atoms with van der Waals surface area (Å²) in [5.41, 5.74) is 4.61. The van der Waals surface area contributed by atoms with Crippen molar-refractivity contribution in [3.63, 3.8) is 0 Å². The highest BCUT2D eigenvalue weighted by molar-refractivity contribution is 7.14. The first-order valence-electron chi connectivity index (χ1n) is 8.85. The molecule has 5 rings (SSSR count). The van der Waals surface area contributed by atoms with E-state index >= 15 is 0 Å². The van der Waals surface area contributed by atoms with E-state index in [1.165, 1.54) is 0 Å². The van der Waals surface area contributed by atoms with Gasteiger partial charge in [0.1, 0.15) is 34.2 Å². The highest BCUT2D eigenvalue weighted by Crippen LogP contribution is 2.37. The zero-order valence-electron chi connectivity index (χ0n) is 15.3. The highest BCUT2D eigenvalue weighted by atomic mass is 32.1. The number of hydrogen-bond acceptors (Lipinski definition) is 8. The van der Waals surface area contributed by atoms with Gasteiger partial charge < -0.3 is 0 Å². The molecule has 3 aromatic heterocycles. The summed E-state index contributed by atoms with van der Waals surface area (Å²) in [4.78, 5) is 19.9. The molecule has 0 saturated carbocycles. The zero-order chi connectivity index (χ0) is 20.5. The van der Waals surface area contributed by atoms with E-state index in [0.29, 0.717) is 45.3 Å². The number of thiophene rings is 2. The molecular formula is C22H10N6S2. The van der Waals surface area contributed by atoms with Gasteiger partial charge >= 0.3 is 0 Å². The van der Waals surface area contributed by atoms with Gasteiger partial charge in [-0.3, -0.25) is 0 Å². The van der Waals surface area contributed by atoms with Gasteiger partial charge in [-0.15, -0.1) is 22.7 Å². The van der Waals surface area contributed by atoms with Gasteiger partial charge in [-0.05, 0) is 22.9 Å². The van der Waals surface area contributed by atoms with Gasteiger partial charge in [0.2, 0.25) is 12.4 Å². The second-order valence-corrected chi connectivity index (χ2v) is 8.13. The molecule has 0 radical (unpaired) electrons. The van der Waals surface area contributed by atoms with Crippen LogP contribution in [0, 0.1) is 22.9 Å². The molecule has 6 nitrogen and oxygen atoms in total. The molecule has 0 amide bonds. The summed E-state index contributed by atoms with van der Waals surface area (Å²) in [6, 6.07) is 15.3. The Labute approximate surface area is 179 Å². The van der Waals surface area contributed by atoms with Crippen molar-refractivity contribution in [2.24, 2.45) is 9.98 Å². The lowest BCUT2D eigenvalue weighted by molar-refractivity contribution is 1.16. The molecule has 0 N–H and O–H groups in total. The van der Waals surface area contributed by atoms with E-state index in [4.69, 9.17) is 9.97 Å². The summed E-state index contributed by atoms with van der Waals surface area (Å²) in [5, 5.41) is 22.6. The molecule has 140 valence electrons. The van der Waals surface area contributed by atoms with Crippen molar-refractivity contribution in [1.82, 2.24) is 9.97 Å². The van der Waals surface area contributed by atoms with E-state index < -0.39 is 0 Å². The summed E-state index contributed by atoms with van der Waals surface area (Å²) >= 11 is 3.13. The third-order valence-corrected chi connectivity index (χ3v) is 6.37. The van der Waals surface area contributed by atoms with Crippen LogP contribution in [0.5, 0.6) is 0 Å². The van der Waals surface area contributed by atoms with Gasteiger partial charge in [-0.2, -0.15) is 20.5 Å². The lowest BCUT2D eigenvalue weighted by Crippen LogP contribution is -2.25. The molecule has 0 saturated heterocycles. The quantitative estimate of drug-likeness (QED) is 0.378. The van der Waals surface area contributed by atoms with Crippen LogP contribution in [0.3, 0.4) is 0 Å². The van der Waals surface area contributed by atoms with Crippen LogP contribution in [0.4, 0.5) is 0 Å². The Balaban J connectivity index is 1.90. The number of fused-ring (bicyclic) bond motifs is 2. The normalized spacial score (nSPS) is 14.7. The summed E-state index contributed by atoms with van der Waals surface area (Å²) in [6.45, 7) is 0. The third kappa shape index (κ3) is 2.83. The third-order valence-electron chi connectivity index (χ3n) is 4.61. The van der Waals surface area contributed by atoms with Crippen LogP contribution in [-0.4, -0.2) is 21.4 Å². The fraction of sp³-hybridized carbons (Fsp3) is 0. The van der Waals surface area contributed by atoms with E-state index in [9.17, 15) is 10.5 Å². The molecule has 0 fully saturated rings. The summed E-state index contributed by atoms with van der Waals surface area (Å²) in [7, 11) is 0. The largest absolute Gasteiger partial charge is 0.241 e. The number of benzene rings is 1. The molecule has 3 heterocycles. The molecule has 1 aliphatic carbocycles. The highest BCUT2D eigenvalue weighted by Gasteiger charge is 2.32. The van der Waals surface area contributed by atoms with Crippen LogP contribution in [0.25, 0.3) is 21.1 Å². The van der Waals surface area contributed by atoms with Crippen molar-refractivity contribution >= 4 is 34.1 Å². The Morgan fingerprint density at radius 3 is 1.47 bits per heavy atom. The molecule has 0 atom stereocenters. The summed E-state index contributed by atoms with van der Waals surface area (Å²) in [5.74, 6) is 0. The number of rotatable bonds is 2. The lowest BCUT2D eigenvalue weighted by atomic mass is 9.88. The Hall–Kier alpha value is -3.98. The maximum Gasteiger partial charge on any atom is 0.206 e. The number of hydrogen-bond donors (Lipinski definition) is 0. The van der Waals surface area contributed by atoms with E-state index in [1.54, 1.807) is 22.7 Å². The van der Waals surface area contributed by atoms with E-state index in [-0.39, 0.29) is 0 Å². The predicted molar refractivity (Wildman–Crippen MR) is 118 cm³/mol. The topological polar surface area (TPSA) is 98.1 Å². The average molecular weight is 422 g/mol. The van der Waals surface area contributed by atoms with Crippen LogP contribution >= 0.6 is 22.7 Å². The van der Waals surface area contributed by atoms with Crippen molar-refractivity contribution in [2.45, 2.75) is 0 Å². The minimum atomic E-state index is 0.433. The van der Waals surface area contributed by atoms with Crippen molar-refractivity contribution in [2.75, 3.05) is 0 Å². The van der Waals surface area contributed by atoms with Gasteiger partial charge in [-0.25, -0.2) is 9.97 Å².